The Morgan fingerprint density at radius 3 is 2.50 bits per heavy atom. The van der Waals surface area contributed by atoms with E-state index in [1.54, 1.807) is 0 Å². The van der Waals surface area contributed by atoms with Crippen LogP contribution in [-0.4, -0.2) is 36.5 Å². The summed E-state index contributed by atoms with van der Waals surface area (Å²) in [6.45, 7) is 8.02. The molecule has 36 heavy (non-hydrogen) atoms. The van der Waals surface area contributed by atoms with Gasteiger partial charge in [-0.3, -0.25) is 9.69 Å². The second-order valence-electron chi connectivity index (χ2n) is 11.6. The van der Waals surface area contributed by atoms with Gasteiger partial charge < -0.3 is 5.32 Å². The summed E-state index contributed by atoms with van der Waals surface area (Å²) in [6.07, 6.45) is 5.99. The van der Waals surface area contributed by atoms with E-state index in [0.29, 0.717) is 18.5 Å². The predicted octanol–water partition coefficient (Wildman–Crippen LogP) is 6.26. The topological polar surface area (TPSA) is 32.3 Å². The lowest BCUT2D eigenvalue weighted by Gasteiger charge is -2.55. The first-order chi connectivity index (χ1) is 17.5. The molecule has 3 aliphatic rings. The summed E-state index contributed by atoms with van der Waals surface area (Å²) < 4.78 is 0. The van der Waals surface area contributed by atoms with Gasteiger partial charge in [-0.25, -0.2) is 0 Å². The SMILES string of the molecule is C[C@H]1C2Cc3ccc(C(=O)NCCc4ccc(-c5ccccc5)cc4)cc3C1(C)CCN2CC1CC1. The van der Waals surface area contributed by atoms with Gasteiger partial charge in [-0.1, -0.05) is 74.5 Å². The average molecular weight is 479 g/mol. The first-order valence-electron chi connectivity index (χ1n) is 13.8. The van der Waals surface area contributed by atoms with Crippen LogP contribution < -0.4 is 5.32 Å². The summed E-state index contributed by atoms with van der Waals surface area (Å²) in [4.78, 5) is 15.9. The third-order valence-electron chi connectivity index (χ3n) is 9.34. The molecule has 3 aromatic carbocycles. The van der Waals surface area contributed by atoms with Crippen molar-refractivity contribution >= 4 is 5.91 Å². The molecule has 2 bridgehead atoms. The molecule has 1 N–H and O–H groups in total. The van der Waals surface area contributed by atoms with E-state index in [4.69, 9.17) is 0 Å². The molecule has 6 rings (SSSR count). The first-order valence-corrected chi connectivity index (χ1v) is 13.8. The minimum absolute atomic E-state index is 0.0447. The van der Waals surface area contributed by atoms with E-state index in [1.807, 2.05) is 12.1 Å². The van der Waals surface area contributed by atoms with E-state index in [9.17, 15) is 4.79 Å². The lowest BCUT2D eigenvalue weighted by atomic mass is 9.59. The molecule has 1 saturated carbocycles. The third-order valence-corrected chi connectivity index (χ3v) is 9.34. The Morgan fingerprint density at radius 1 is 1.00 bits per heavy atom. The van der Waals surface area contributed by atoms with Crippen LogP contribution in [0.1, 0.15) is 60.2 Å². The molecule has 1 amide bonds. The highest BCUT2D eigenvalue weighted by molar-refractivity contribution is 5.94. The van der Waals surface area contributed by atoms with Crippen molar-refractivity contribution in [3.05, 3.63) is 95.1 Å². The van der Waals surface area contributed by atoms with Gasteiger partial charge in [0.25, 0.3) is 5.91 Å². The van der Waals surface area contributed by atoms with Crippen molar-refractivity contribution in [3.63, 3.8) is 0 Å². The number of amides is 1. The van der Waals surface area contributed by atoms with Gasteiger partial charge >= 0.3 is 0 Å². The molecular weight excluding hydrogens is 440 g/mol. The molecule has 1 saturated heterocycles. The highest BCUT2D eigenvalue weighted by atomic mass is 16.1. The van der Waals surface area contributed by atoms with Gasteiger partial charge in [0.15, 0.2) is 0 Å². The van der Waals surface area contributed by atoms with Crippen LogP contribution in [-0.2, 0) is 18.3 Å². The Balaban J connectivity index is 1.10. The number of hydrogen-bond donors (Lipinski definition) is 1. The quantitative estimate of drug-likeness (QED) is 0.435. The van der Waals surface area contributed by atoms with Crippen molar-refractivity contribution in [2.45, 2.75) is 57.4 Å². The molecule has 0 radical (unpaired) electrons. The minimum atomic E-state index is 0.0447. The van der Waals surface area contributed by atoms with Gasteiger partial charge in [0.2, 0.25) is 0 Å². The van der Waals surface area contributed by atoms with E-state index in [0.717, 1.165) is 24.3 Å². The monoisotopic (exact) mass is 478 g/mol. The molecule has 2 aliphatic carbocycles. The van der Waals surface area contributed by atoms with Crippen LogP contribution in [0.3, 0.4) is 0 Å². The van der Waals surface area contributed by atoms with E-state index in [-0.39, 0.29) is 11.3 Å². The van der Waals surface area contributed by atoms with Crippen molar-refractivity contribution in [2.75, 3.05) is 19.6 Å². The summed E-state index contributed by atoms with van der Waals surface area (Å²) in [7, 11) is 0. The zero-order chi connectivity index (χ0) is 24.7. The molecule has 1 heterocycles. The average Bonchev–Trinajstić information content (AvgIpc) is 3.73. The fourth-order valence-electron chi connectivity index (χ4n) is 6.62. The molecule has 3 heteroatoms. The number of nitrogens with one attached hydrogen (secondary N) is 1. The number of likely N-dealkylation sites (tertiary alicyclic amines) is 1. The van der Waals surface area contributed by atoms with Crippen molar-refractivity contribution in [2.24, 2.45) is 11.8 Å². The summed E-state index contributed by atoms with van der Waals surface area (Å²) in [6, 6.07) is 26.2. The summed E-state index contributed by atoms with van der Waals surface area (Å²) >= 11 is 0. The van der Waals surface area contributed by atoms with Gasteiger partial charge in [0.05, 0.1) is 0 Å². The Bertz CT molecular complexity index is 1230. The standard InChI is InChI=1S/C33H38N2O/c1-23-31-21-28-14-15-29(20-30(28)33(23,2)17-19-35(31)22-25-8-9-25)32(36)34-18-16-24-10-12-27(13-11-24)26-6-4-3-5-7-26/h3-7,10-15,20,23,25,31H,8-9,16-19,21-22H2,1-2H3,(H,34,36)/t23-,31?,33?/m0/s1. The van der Waals surface area contributed by atoms with Crippen LogP contribution in [0.4, 0.5) is 0 Å². The van der Waals surface area contributed by atoms with Crippen LogP contribution in [0.25, 0.3) is 11.1 Å². The van der Waals surface area contributed by atoms with Gasteiger partial charge in [-0.05, 0) is 95.8 Å². The lowest BCUT2D eigenvalue weighted by Crippen LogP contribution is -2.58. The van der Waals surface area contributed by atoms with E-state index < -0.39 is 0 Å². The lowest BCUT2D eigenvalue weighted by molar-refractivity contribution is 0.0284. The predicted molar refractivity (Wildman–Crippen MR) is 147 cm³/mol. The first kappa shape index (κ1) is 23.5. The Kier molecular flexibility index (Phi) is 6.21. The largest absolute Gasteiger partial charge is 0.352 e. The molecule has 3 aromatic rings. The van der Waals surface area contributed by atoms with E-state index in [2.05, 4.69) is 84.7 Å². The number of rotatable bonds is 7. The van der Waals surface area contributed by atoms with Crippen LogP contribution in [0.15, 0.2) is 72.8 Å². The van der Waals surface area contributed by atoms with Crippen LogP contribution in [0.2, 0.25) is 0 Å². The minimum Gasteiger partial charge on any atom is -0.352 e. The van der Waals surface area contributed by atoms with Crippen LogP contribution in [0, 0.1) is 11.8 Å². The molecule has 3 nitrogen and oxygen atoms in total. The normalized spacial score (nSPS) is 25.3. The smallest absolute Gasteiger partial charge is 0.251 e. The Labute approximate surface area is 215 Å². The maximum atomic E-state index is 13.1. The van der Waals surface area contributed by atoms with Crippen molar-refractivity contribution in [1.29, 1.82) is 0 Å². The van der Waals surface area contributed by atoms with Gasteiger partial charge in [0.1, 0.15) is 0 Å². The molecule has 186 valence electrons. The number of carbonyl (C=O) groups is 1. The van der Waals surface area contributed by atoms with Crippen molar-refractivity contribution in [1.82, 2.24) is 10.2 Å². The number of benzene rings is 3. The molecule has 2 unspecified atom stereocenters. The Hall–Kier alpha value is -2.91. The van der Waals surface area contributed by atoms with E-state index >= 15 is 0 Å². The van der Waals surface area contributed by atoms with Crippen LogP contribution in [0.5, 0.6) is 0 Å². The number of hydrogen-bond acceptors (Lipinski definition) is 2. The zero-order valence-electron chi connectivity index (χ0n) is 21.7. The second kappa shape index (κ2) is 9.52. The fraction of sp³-hybridized carbons (Fsp3) is 0.424. The second-order valence-corrected chi connectivity index (χ2v) is 11.6. The summed E-state index contributed by atoms with van der Waals surface area (Å²) in [5, 5.41) is 3.17. The zero-order valence-corrected chi connectivity index (χ0v) is 21.7. The highest BCUT2D eigenvalue weighted by Crippen LogP contribution is 2.49. The van der Waals surface area contributed by atoms with Gasteiger partial charge in [0, 0.05) is 24.7 Å². The third kappa shape index (κ3) is 4.50. The van der Waals surface area contributed by atoms with Crippen molar-refractivity contribution < 1.29 is 4.79 Å². The fourth-order valence-corrected chi connectivity index (χ4v) is 6.62. The molecule has 0 aromatic heterocycles. The summed E-state index contributed by atoms with van der Waals surface area (Å²) in [5.41, 5.74) is 7.53. The number of piperidine rings is 1. The maximum Gasteiger partial charge on any atom is 0.251 e. The Morgan fingerprint density at radius 2 is 1.75 bits per heavy atom. The van der Waals surface area contributed by atoms with Crippen LogP contribution >= 0.6 is 0 Å². The molecule has 0 spiro atoms. The number of fused-ring (bicyclic) bond motifs is 4. The van der Waals surface area contributed by atoms with Gasteiger partial charge in [-0.2, -0.15) is 0 Å². The summed E-state index contributed by atoms with van der Waals surface area (Å²) in [5.74, 6) is 1.61. The molecule has 2 fully saturated rings. The molecular formula is C33H38N2O. The van der Waals surface area contributed by atoms with E-state index in [1.165, 1.54) is 60.2 Å². The van der Waals surface area contributed by atoms with Gasteiger partial charge in [-0.15, -0.1) is 0 Å². The molecule has 1 aliphatic heterocycles. The molecule has 3 atom stereocenters. The van der Waals surface area contributed by atoms with Crippen molar-refractivity contribution in [3.8, 4) is 11.1 Å². The maximum absolute atomic E-state index is 13.1. The number of nitrogens with zero attached hydrogens (tertiary/aromatic N) is 1. The number of carbonyl (C=O) groups excluding carboxylic acids is 1. The highest BCUT2D eigenvalue weighted by Gasteiger charge is 2.49.